The van der Waals surface area contributed by atoms with Gasteiger partial charge in [0.05, 0.1) is 5.02 Å². The van der Waals surface area contributed by atoms with Crippen LogP contribution in [0.15, 0.2) is 23.1 Å². The molecule has 1 aromatic carbocycles. The van der Waals surface area contributed by atoms with E-state index in [-0.39, 0.29) is 11.4 Å². The molecule has 1 atom stereocenters. The Morgan fingerprint density at radius 3 is 2.68 bits per heavy atom. The maximum Gasteiger partial charge on any atom is 0.245 e. The van der Waals surface area contributed by atoms with Gasteiger partial charge in [0.25, 0.3) is 0 Å². The SMILES string of the molecule is C#CC[C@H](NS(=O)(=O)c1c(F)cccc1Cl)C(N)=O. The minimum Gasteiger partial charge on any atom is -0.368 e. The Morgan fingerprint density at radius 2 is 2.21 bits per heavy atom. The van der Waals surface area contributed by atoms with Crippen molar-refractivity contribution in [2.45, 2.75) is 17.4 Å². The predicted molar refractivity (Wildman–Crippen MR) is 68.2 cm³/mol. The Morgan fingerprint density at radius 1 is 1.58 bits per heavy atom. The fourth-order valence-electron chi connectivity index (χ4n) is 1.30. The van der Waals surface area contributed by atoms with Gasteiger partial charge in [-0.2, -0.15) is 4.72 Å². The van der Waals surface area contributed by atoms with Gasteiger partial charge >= 0.3 is 0 Å². The van der Waals surface area contributed by atoms with Crippen molar-refractivity contribution < 1.29 is 17.6 Å². The van der Waals surface area contributed by atoms with Crippen LogP contribution in [0, 0.1) is 18.2 Å². The first kappa shape index (κ1) is 15.4. The van der Waals surface area contributed by atoms with E-state index < -0.39 is 32.7 Å². The van der Waals surface area contributed by atoms with Crippen LogP contribution in [-0.4, -0.2) is 20.4 Å². The molecule has 102 valence electrons. The molecule has 0 aromatic heterocycles. The Balaban J connectivity index is 3.19. The fourth-order valence-corrected chi connectivity index (χ4v) is 3.11. The summed E-state index contributed by atoms with van der Waals surface area (Å²) in [4.78, 5) is 10.3. The van der Waals surface area contributed by atoms with E-state index >= 15 is 0 Å². The van der Waals surface area contributed by atoms with Crippen LogP contribution in [0.2, 0.25) is 5.02 Å². The number of hydrogen-bond acceptors (Lipinski definition) is 3. The molecule has 0 aliphatic carbocycles. The van der Waals surface area contributed by atoms with Gasteiger partial charge < -0.3 is 5.73 Å². The van der Waals surface area contributed by atoms with Crippen LogP contribution in [0.5, 0.6) is 0 Å². The molecule has 3 N–H and O–H groups in total. The molecule has 0 fully saturated rings. The normalized spacial score (nSPS) is 12.7. The highest BCUT2D eigenvalue weighted by Crippen LogP contribution is 2.24. The van der Waals surface area contributed by atoms with E-state index in [1.807, 2.05) is 4.72 Å². The van der Waals surface area contributed by atoms with E-state index in [9.17, 15) is 17.6 Å². The Labute approximate surface area is 115 Å². The topological polar surface area (TPSA) is 89.3 Å². The molecular formula is C11H10ClFN2O3S. The molecule has 0 heterocycles. The highest BCUT2D eigenvalue weighted by Gasteiger charge is 2.27. The first-order valence-electron chi connectivity index (χ1n) is 4.98. The van der Waals surface area contributed by atoms with E-state index in [4.69, 9.17) is 23.8 Å². The third-order valence-electron chi connectivity index (χ3n) is 2.15. The van der Waals surface area contributed by atoms with E-state index in [1.54, 1.807) is 0 Å². The monoisotopic (exact) mass is 304 g/mol. The lowest BCUT2D eigenvalue weighted by atomic mass is 10.2. The number of rotatable bonds is 5. The summed E-state index contributed by atoms with van der Waals surface area (Å²) >= 11 is 5.64. The fraction of sp³-hybridized carbons (Fsp3) is 0.182. The van der Waals surface area contributed by atoms with Gasteiger partial charge in [0.1, 0.15) is 16.8 Å². The summed E-state index contributed by atoms with van der Waals surface area (Å²) in [6, 6.07) is 2.07. The number of benzene rings is 1. The van der Waals surface area contributed by atoms with Crippen molar-refractivity contribution in [3.63, 3.8) is 0 Å². The smallest absolute Gasteiger partial charge is 0.245 e. The average Bonchev–Trinajstić information content (AvgIpc) is 2.27. The molecule has 0 bridgehead atoms. The Kier molecular flexibility index (Phi) is 4.89. The van der Waals surface area contributed by atoms with E-state index in [0.717, 1.165) is 6.07 Å². The second-order valence-corrected chi connectivity index (χ2v) is 5.59. The van der Waals surface area contributed by atoms with Gasteiger partial charge in [-0.25, -0.2) is 12.8 Å². The van der Waals surface area contributed by atoms with Crippen LogP contribution < -0.4 is 10.5 Å². The van der Waals surface area contributed by atoms with E-state index in [1.165, 1.54) is 12.1 Å². The second kappa shape index (κ2) is 6.02. The maximum absolute atomic E-state index is 13.5. The number of terminal acetylenes is 1. The Bertz CT molecular complexity index is 620. The van der Waals surface area contributed by atoms with Crippen LogP contribution in [0.25, 0.3) is 0 Å². The van der Waals surface area contributed by atoms with E-state index in [0.29, 0.717) is 0 Å². The molecule has 8 heteroatoms. The van der Waals surface area contributed by atoms with Gasteiger partial charge in [-0.1, -0.05) is 17.7 Å². The van der Waals surface area contributed by atoms with Gasteiger partial charge in [-0.3, -0.25) is 4.79 Å². The molecule has 1 amide bonds. The molecule has 5 nitrogen and oxygen atoms in total. The van der Waals surface area contributed by atoms with Gasteiger partial charge in [0.2, 0.25) is 15.9 Å². The summed E-state index contributed by atoms with van der Waals surface area (Å²) in [6.45, 7) is 0. The molecule has 0 aliphatic heterocycles. The summed E-state index contributed by atoms with van der Waals surface area (Å²) in [6.07, 6.45) is 4.74. The zero-order chi connectivity index (χ0) is 14.6. The zero-order valence-corrected chi connectivity index (χ0v) is 11.1. The molecule has 0 spiro atoms. The third-order valence-corrected chi connectivity index (χ3v) is 4.12. The van der Waals surface area contributed by atoms with Crippen molar-refractivity contribution in [2.75, 3.05) is 0 Å². The number of carbonyl (C=O) groups excluding carboxylic acids is 1. The number of carbonyl (C=O) groups is 1. The minimum absolute atomic E-state index is 0.249. The minimum atomic E-state index is -4.34. The summed E-state index contributed by atoms with van der Waals surface area (Å²) in [5, 5.41) is -0.309. The third kappa shape index (κ3) is 3.67. The maximum atomic E-state index is 13.5. The summed E-state index contributed by atoms with van der Waals surface area (Å²) < 4.78 is 39.3. The standard InChI is InChI=1S/C11H10ClFN2O3S/c1-2-4-9(11(14)16)15-19(17,18)10-7(12)5-3-6-8(10)13/h1,3,5-6,9,15H,4H2,(H2,14,16)/t9-/m0/s1. The zero-order valence-electron chi connectivity index (χ0n) is 9.56. The lowest BCUT2D eigenvalue weighted by molar-refractivity contribution is -0.119. The van der Waals surface area contributed by atoms with Crippen molar-refractivity contribution in [1.82, 2.24) is 4.72 Å². The van der Waals surface area contributed by atoms with Crippen molar-refractivity contribution >= 4 is 27.5 Å². The lowest BCUT2D eigenvalue weighted by Crippen LogP contribution is -2.44. The van der Waals surface area contributed by atoms with Crippen LogP contribution >= 0.6 is 11.6 Å². The molecule has 0 saturated heterocycles. The van der Waals surface area contributed by atoms with Crippen LogP contribution in [0.4, 0.5) is 4.39 Å². The number of sulfonamides is 1. The van der Waals surface area contributed by atoms with Crippen molar-refractivity contribution in [3.05, 3.63) is 29.0 Å². The van der Waals surface area contributed by atoms with Crippen LogP contribution in [-0.2, 0) is 14.8 Å². The number of hydrogen-bond donors (Lipinski definition) is 2. The van der Waals surface area contributed by atoms with E-state index in [2.05, 4.69) is 5.92 Å². The highest BCUT2D eigenvalue weighted by atomic mass is 35.5. The van der Waals surface area contributed by atoms with Gasteiger partial charge in [-0.05, 0) is 12.1 Å². The van der Waals surface area contributed by atoms with Gasteiger partial charge in [0.15, 0.2) is 0 Å². The highest BCUT2D eigenvalue weighted by molar-refractivity contribution is 7.89. The Hall–Kier alpha value is -1.62. The van der Waals surface area contributed by atoms with Crippen LogP contribution in [0.1, 0.15) is 6.42 Å². The van der Waals surface area contributed by atoms with Gasteiger partial charge in [-0.15, -0.1) is 12.3 Å². The van der Waals surface area contributed by atoms with Crippen LogP contribution in [0.3, 0.4) is 0 Å². The number of halogens is 2. The number of amides is 1. The summed E-state index contributed by atoms with van der Waals surface area (Å²) in [5.74, 6) is 0.0960. The molecular weight excluding hydrogens is 295 g/mol. The molecule has 0 aliphatic rings. The predicted octanol–water partition coefficient (Wildman–Crippen LogP) is 0.635. The number of nitrogens with one attached hydrogen (secondary N) is 1. The average molecular weight is 305 g/mol. The molecule has 0 radical (unpaired) electrons. The molecule has 1 rings (SSSR count). The first-order valence-corrected chi connectivity index (χ1v) is 6.85. The summed E-state index contributed by atoms with van der Waals surface area (Å²) in [7, 11) is -4.34. The molecule has 1 aromatic rings. The van der Waals surface area contributed by atoms with Crippen molar-refractivity contribution in [2.24, 2.45) is 5.73 Å². The van der Waals surface area contributed by atoms with Gasteiger partial charge in [0, 0.05) is 6.42 Å². The van der Waals surface area contributed by atoms with Crippen molar-refractivity contribution in [3.8, 4) is 12.3 Å². The quantitative estimate of drug-likeness (QED) is 0.782. The molecule has 19 heavy (non-hydrogen) atoms. The second-order valence-electron chi connectivity index (χ2n) is 3.54. The number of primary amides is 1. The molecule has 0 saturated carbocycles. The molecule has 0 unspecified atom stereocenters. The number of nitrogens with two attached hydrogens (primary N) is 1. The lowest BCUT2D eigenvalue weighted by Gasteiger charge is -2.14. The largest absolute Gasteiger partial charge is 0.368 e. The summed E-state index contributed by atoms with van der Waals surface area (Å²) in [5.41, 5.74) is 5.00. The first-order chi connectivity index (χ1) is 8.79. The van der Waals surface area contributed by atoms with Crippen molar-refractivity contribution in [1.29, 1.82) is 0 Å².